The Bertz CT molecular complexity index is 541. The number of nitrogens with one attached hydrogen (secondary N) is 2. The van der Waals surface area contributed by atoms with E-state index < -0.39 is 0 Å². The molecule has 0 amide bonds. The summed E-state index contributed by atoms with van der Waals surface area (Å²) in [5.41, 5.74) is 3.63. The van der Waals surface area contributed by atoms with Crippen molar-refractivity contribution in [1.82, 2.24) is 4.98 Å². The molecule has 2 heterocycles. The normalized spacial score (nSPS) is 10.5. The number of H-pyrrole nitrogens is 1. The summed E-state index contributed by atoms with van der Waals surface area (Å²) in [5, 5.41) is 3.11. The second kappa shape index (κ2) is 4.91. The minimum atomic E-state index is -0.0804. The molecule has 0 spiro atoms. The monoisotopic (exact) mass is 232 g/mol. The summed E-state index contributed by atoms with van der Waals surface area (Å²) < 4.78 is 4.97. The number of pyridine rings is 1. The Balaban J connectivity index is 2.18. The van der Waals surface area contributed by atoms with Gasteiger partial charge in [0.2, 0.25) is 0 Å². The lowest BCUT2D eigenvalue weighted by atomic mass is 10.1. The quantitative estimate of drug-likeness (QED) is 0.851. The first-order valence-corrected chi connectivity index (χ1v) is 5.68. The first kappa shape index (κ1) is 11.5. The first-order chi connectivity index (χ1) is 8.20. The highest BCUT2D eigenvalue weighted by molar-refractivity contribution is 5.45. The van der Waals surface area contributed by atoms with Crippen molar-refractivity contribution in [3.63, 3.8) is 0 Å². The Morgan fingerprint density at radius 2 is 2.29 bits per heavy atom. The first-order valence-electron chi connectivity index (χ1n) is 5.68. The molecule has 2 N–H and O–H groups in total. The van der Waals surface area contributed by atoms with Crippen molar-refractivity contribution in [3.8, 4) is 0 Å². The molecule has 0 bridgehead atoms. The molecule has 0 aliphatic carbocycles. The van der Waals surface area contributed by atoms with Crippen molar-refractivity contribution < 1.29 is 4.42 Å². The van der Waals surface area contributed by atoms with E-state index >= 15 is 0 Å². The van der Waals surface area contributed by atoms with E-state index in [0.717, 1.165) is 23.2 Å². The molecule has 2 aromatic heterocycles. The third-order valence-corrected chi connectivity index (χ3v) is 2.79. The maximum absolute atomic E-state index is 11.7. The van der Waals surface area contributed by atoms with Crippen LogP contribution >= 0.6 is 0 Å². The molecule has 0 aliphatic heterocycles. The summed E-state index contributed by atoms with van der Waals surface area (Å²) in [7, 11) is 0. The van der Waals surface area contributed by atoms with E-state index in [1.54, 1.807) is 12.5 Å². The zero-order valence-electron chi connectivity index (χ0n) is 10.0. The lowest BCUT2D eigenvalue weighted by Crippen LogP contribution is -2.16. The number of anilines is 1. The van der Waals surface area contributed by atoms with Crippen molar-refractivity contribution in [1.29, 1.82) is 0 Å². The fourth-order valence-corrected chi connectivity index (χ4v) is 1.76. The van der Waals surface area contributed by atoms with Gasteiger partial charge in [-0.1, -0.05) is 6.92 Å². The Labute approximate surface area is 99.7 Å². The van der Waals surface area contributed by atoms with Crippen LogP contribution < -0.4 is 10.9 Å². The summed E-state index contributed by atoms with van der Waals surface area (Å²) >= 11 is 0. The van der Waals surface area contributed by atoms with E-state index in [1.165, 1.54) is 0 Å². The third kappa shape index (κ3) is 2.58. The molecular formula is C13H16N2O2. The highest BCUT2D eigenvalue weighted by atomic mass is 16.3. The second-order valence-electron chi connectivity index (χ2n) is 4.00. The van der Waals surface area contributed by atoms with Gasteiger partial charge in [-0.3, -0.25) is 4.79 Å². The van der Waals surface area contributed by atoms with Crippen LogP contribution in [0.3, 0.4) is 0 Å². The molecule has 2 aromatic rings. The van der Waals surface area contributed by atoms with E-state index in [4.69, 9.17) is 4.42 Å². The molecule has 0 aromatic carbocycles. The summed E-state index contributed by atoms with van der Waals surface area (Å²) in [4.78, 5) is 14.6. The molecular weight excluding hydrogens is 216 g/mol. The van der Waals surface area contributed by atoms with Gasteiger partial charge >= 0.3 is 0 Å². The van der Waals surface area contributed by atoms with Crippen LogP contribution in [0.2, 0.25) is 0 Å². The lowest BCUT2D eigenvalue weighted by molar-refractivity contribution is 0.564. The average Bonchev–Trinajstić information content (AvgIpc) is 2.81. The molecule has 17 heavy (non-hydrogen) atoms. The highest BCUT2D eigenvalue weighted by Crippen LogP contribution is 2.10. The van der Waals surface area contributed by atoms with Gasteiger partial charge in [-0.15, -0.1) is 0 Å². The zero-order valence-corrected chi connectivity index (χ0v) is 10.0. The second-order valence-corrected chi connectivity index (χ2v) is 4.00. The van der Waals surface area contributed by atoms with Crippen LogP contribution in [-0.4, -0.2) is 4.98 Å². The average molecular weight is 232 g/mol. The van der Waals surface area contributed by atoms with Crippen molar-refractivity contribution in [2.45, 2.75) is 26.8 Å². The Morgan fingerprint density at radius 1 is 1.47 bits per heavy atom. The SMILES string of the molecule is CCc1cc(NCc2ccoc2)c(=O)[nH]c1C. The van der Waals surface area contributed by atoms with Crippen LogP contribution in [0.25, 0.3) is 0 Å². The molecule has 4 heteroatoms. The molecule has 0 atom stereocenters. The maximum atomic E-state index is 11.7. The van der Waals surface area contributed by atoms with Gasteiger partial charge < -0.3 is 14.7 Å². The highest BCUT2D eigenvalue weighted by Gasteiger charge is 2.04. The van der Waals surface area contributed by atoms with Crippen molar-refractivity contribution >= 4 is 5.69 Å². The van der Waals surface area contributed by atoms with Crippen LogP contribution in [0, 0.1) is 6.92 Å². The molecule has 2 rings (SSSR count). The maximum Gasteiger partial charge on any atom is 0.271 e. The van der Waals surface area contributed by atoms with Gasteiger partial charge in [0.1, 0.15) is 5.69 Å². The number of aryl methyl sites for hydroxylation is 2. The molecule has 90 valence electrons. The van der Waals surface area contributed by atoms with Gasteiger partial charge in [0.25, 0.3) is 5.56 Å². The van der Waals surface area contributed by atoms with Crippen LogP contribution in [0.5, 0.6) is 0 Å². The predicted molar refractivity (Wildman–Crippen MR) is 67.2 cm³/mol. The number of hydrogen-bond acceptors (Lipinski definition) is 3. The van der Waals surface area contributed by atoms with E-state index in [-0.39, 0.29) is 5.56 Å². The Morgan fingerprint density at radius 3 is 2.94 bits per heavy atom. The summed E-state index contributed by atoms with van der Waals surface area (Å²) in [6.07, 6.45) is 4.19. The van der Waals surface area contributed by atoms with Gasteiger partial charge in [0, 0.05) is 17.8 Å². The fourth-order valence-electron chi connectivity index (χ4n) is 1.76. The summed E-state index contributed by atoms with van der Waals surface area (Å²) in [6, 6.07) is 3.78. The number of aromatic amines is 1. The largest absolute Gasteiger partial charge is 0.472 e. The minimum Gasteiger partial charge on any atom is -0.472 e. The Hall–Kier alpha value is -1.97. The van der Waals surface area contributed by atoms with Gasteiger partial charge in [-0.2, -0.15) is 0 Å². The lowest BCUT2D eigenvalue weighted by Gasteiger charge is -2.08. The van der Waals surface area contributed by atoms with Crippen LogP contribution in [0.1, 0.15) is 23.7 Å². The van der Waals surface area contributed by atoms with Gasteiger partial charge in [-0.25, -0.2) is 0 Å². The van der Waals surface area contributed by atoms with Crippen LogP contribution in [0.15, 0.2) is 33.9 Å². The van der Waals surface area contributed by atoms with Gasteiger partial charge in [-0.05, 0) is 31.0 Å². The van der Waals surface area contributed by atoms with Crippen LogP contribution in [0.4, 0.5) is 5.69 Å². The van der Waals surface area contributed by atoms with Crippen molar-refractivity contribution in [3.05, 3.63) is 51.8 Å². The predicted octanol–water partition coefficient (Wildman–Crippen LogP) is 2.45. The zero-order chi connectivity index (χ0) is 12.3. The molecule has 0 unspecified atom stereocenters. The third-order valence-electron chi connectivity index (χ3n) is 2.79. The van der Waals surface area contributed by atoms with Crippen molar-refractivity contribution in [2.24, 2.45) is 0 Å². The smallest absolute Gasteiger partial charge is 0.271 e. The van der Waals surface area contributed by atoms with Gasteiger partial charge in [0.15, 0.2) is 0 Å². The number of aromatic nitrogens is 1. The molecule has 0 saturated carbocycles. The van der Waals surface area contributed by atoms with Gasteiger partial charge in [0.05, 0.1) is 12.5 Å². The molecule has 0 aliphatic rings. The summed E-state index contributed by atoms with van der Waals surface area (Å²) in [6.45, 7) is 4.58. The topological polar surface area (TPSA) is 58.0 Å². The number of rotatable bonds is 4. The molecule has 4 nitrogen and oxygen atoms in total. The van der Waals surface area contributed by atoms with E-state index in [9.17, 15) is 4.79 Å². The molecule has 0 radical (unpaired) electrons. The standard InChI is InChI=1S/C13H16N2O2/c1-3-11-6-12(13(16)15-9(11)2)14-7-10-4-5-17-8-10/h4-6,8,14H,3,7H2,1-2H3,(H,15,16). The van der Waals surface area contributed by atoms with E-state index in [0.29, 0.717) is 12.2 Å². The number of furan rings is 1. The van der Waals surface area contributed by atoms with E-state index in [2.05, 4.69) is 17.2 Å². The van der Waals surface area contributed by atoms with Crippen molar-refractivity contribution in [2.75, 3.05) is 5.32 Å². The summed E-state index contributed by atoms with van der Waals surface area (Å²) in [5.74, 6) is 0. The fraction of sp³-hybridized carbons (Fsp3) is 0.308. The Kier molecular flexibility index (Phi) is 3.32. The molecule has 0 fully saturated rings. The van der Waals surface area contributed by atoms with E-state index in [1.807, 2.05) is 19.1 Å². The van der Waals surface area contributed by atoms with Crippen LogP contribution in [-0.2, 0) is 13.0 Å². The molecule has 0 saturated heterocycles. The number of hydrogen-bond donors (Lipinski definition) is 2. The minimum absolute atomic E-state index is 0.0804.